The lowest BCUT2D eigenvalue weighted by Crippen LogP contribution is -2.29. The first-order valence-corrected chi connectivity index (χ1v) is 8.42. The highest BCUT2D eigenvalue weighted by Gasteiger charge is 2.10. The van der Waals surface area contributed by atoms with Crippen LogP contribution in [0, 0.1) is 0 Å². The molecule has 3 nitrogen and oxygen atoms in total. The molecule has 1 aromatic rings. The van der Waals surface area contributed by atoms with E-state index in [9.17, 15) is 0 Å². The van der Waals surface area contributed by atoms with Crippen LogP contribution in [0.3, 0.4) is 0 Å². The van der Waals surface area contributed by atoms with Gasteiger partial charge in [0.05, 0.1) is 6.10 Å². The van der Waals surface area contributed by atoms with E-state index in [-0.39, 0.29) is 0 Å². The predicted molar refractivity (Wildman–Crippen MR) is 89.9 cm³/mol. The molecule has 1 aliphatic rings. The van der Waals surface area contributed by atoms with Crippen LogP contribution in [0.4, 0.5) is 5.69 Å². The standard InChI is InChI=1S/C18H30N2O/c1-16(2)21-14-6-11-19-15-17-7-9-18(10-8-17)20-12-4-3-5-13-20/h7-10,16,19H,3-6,11-15H2,1-2H3. The minimum Gasteiger partial charge on any atom is -0.379 e. The largest absolute Gasteiger partial charge is 0.379 e. The van der Waals surface area contributed by atoms with Gasteiger partial charge in [-0.1, -0.05) is 12.1 Å². The topological polar surface area (TPSA) is 24.5 Å². The fourth-order valence-corrected chi connectivity index (χ4v) is 2.73. The number of ether oxygens (including phenoxy) is 1. The quantitative estimate of drug-likeness (QED) is 0.741. The number of anilines is 1. The summed E-state index contributed by atoms with van der Waals surface area (Å²) in [4.78, 5) is 2.50. The minimum absolute atomic E-state index is 0.340. The van der Waals surface area contributed by atoms with Gasteiger partial charge in [0.15, 0.2) is 0 Å². The van der Waals surface area contributed by atoms with Crippen LogP contribution in [-0.2, 0) is 11.3 Å². The Balaban J connectivity index is 1.65. The van der Waals surface area contributed by atoms with Crippen molar-refractivity contribution in [1.29, 1.82) is 0 Å². The molecule has 0 spiro atoms. The maximum atomic E-state index is 5.53. The summed E-state index contributed by atoms with van der Waals surface area (Å²) >= 11 is 0. The van der Waals surface area contributed by atoms with Crippen LogP contribution in [0.1, 0.15) is 45.1 Å². The van der Waals surface area contributed by atoms with Gasteiger partial charge in [0, 0.05) is 31.9 Å². The Bertz CT molecular complexity index is 383. The number of piperidine rings is 1. The molecule has 21 heavy (non-hydrogen) atoms. The first kappa shape index (κ1) is 16.3. The molecule has 0 aliphatic carbocycles. The Kier molecular flexibility index (Phi) is 7.04. The summed E-state index contributed by atoms with van der Waals surface area (Å²) in [5.41, 5.74) is 2.74. The lowest BCUT2D eigenvalue weighted by molar-refractivity contribution is 0.0770. The molecule has 0 unspecified atom stereocenters. The number of nitrogens with one attached hydrogen (secondary N) is 1. The Morgan fingerprint density at radius 2 is 1.81 bits per heavy atom. The molecular weight excluding hydrogens is 260 g/mol. The molecule has 0 saturated carbocycles. The number of hydrogen-bond donors (Lipinski definition) is 1. The van der Waals surface area contributed by atoms with Crippen LogP contribution in [0.5, 0.6) is 0 Å². The molecule has 1 aromatic carbocycles. The van der Waals surface area contributed by atoms with E-state index in [1.54, 1.807) is 0 Å². The zero-order valence-electron chi connectivity index (χ0n) is 13.6. The SMILES string of the molecule is CC(C)OCCCNCc1ccc(N2CCCCC2)cc1. The van der Waals surface area contributed by atoms with Crippen LogP contribution in [0.15, 0.2) is 24.3 Å². The van der Waals surface area contributed by atoms with E-state index >= 15 is 0 Å². The van der Waals surface area contributed by atoms with Crippen molar-refractivity contribution in [3.05, 3.63) is 29.8 Å². The van der Waals surface area contributed by atoms with Gasteiger partial charge in [-0.25, -0.2) is 0 Å². The van der Waals surface area contributed by atoms with Gasteiger partial charge >= 0.3 is 0 Å². The van der Waals surface area contributed by atoms with E-state index in [1.807, 2.05) is 0 Å². The van der Waals surface area contributed by atoms with Gasteiger partial charge in [-0.05, 0) is 63.8 Å². The summed E-state index contributed by atoms with van der Waals surface area (Å²) in [5.74, 6) is 0. The molecule has 2 rings (SSSR count). The molecule has 0 amide bonds. The summed E-state index contributed by atoms with van der Waals surface area (Å²) in [6.07, 6.45) is 5.47. The van der Waals surface area contributed by atoms with Gasteiger partial charge in [-0.15, -0.1) is 0 Å². The smallest absolute Gasteiger partial charge is 0.0518 e. The Morgan fingerprint density at radius 1 is 1.10 bits per heavy atom. The van der Waals surface area contributed by atoms with Crippen molar-refractivity contribution in [1.82, 2.24) is 5.32 Å². The normalized spacial score (nSPS) is 15.7. The highest BCUT2D eigenvalue weighted by Crippen LogP contribution is 2.20. The average molecular weight is 290 g/mol. The van der Waals surface area contributed by atoms with Gasteiger partial charge in [0.1, 0.15) is 0 Å². The first-order chi connectivity index (χ1) is 10.3. The second kappa shape index (κ2) is 9.06. The molecule has 0 atom stereocenters. The second-order valence-electron chi connectivity index (χ2n) is 6.16. The van der Waals surface area contributed by atoms with Crippen molar-refractivity contribution in [2.45, 2.75) is 52.2 Å². The van der Waals surface area contributed by atoms with Crippen LogP contribution < -0.4 is 10.2 Å². The van der Waals surface area contributed by atoms with Crippen molar-refractivity contribution < 1.29 is 4.74 Å². The van der Waals surface area contributed by atoms with Gasteiger partial charge in [-0.2, -0.15) is 0 Å². The number of nitrogens with zero attached hydrogens (tertiary/aromatic N) is 1. The lowest BCUT2D eigenvalue weighted by atomic mass is 10.1. The molecule has 3 heteroatoms. The first-order valence-electron chi connectivity index (χ1n) is 8.42. The average Bonchev–Trinajstić information content (AvgIpc) is 2.52. The zero-order valence-corrected chi connectivity index (χ0v) is 13.6. The summed E-state index contributed by atoms with van der Waals surface area (Å²) in [7, 11) is 0. The Morgan fingerprint density at radius 3 is 2.48 bits per heavy atom. The van der Waals surface area contributed by atoms with Crippen LogP contribution in [0.2, 0.25) is 0 Å². The highest BCUT2D eigenvalue weighted by atomic mass is 16.5. The summed E-state index contributed by atoms with van der Waals surface area (Å²) in [6.45, 7) is 9.40. The van der Waals surface area contributed by atoms with Crippen molar-refractivity contribution >= 4 is 5.69 Å². The van der Waals surface area contributed by atoms with Crippen LogP contribution >= 0.6 is 0 Å². The molecule has 0 bridgehead atoms. The van der Waals surface area contributed by atoms with Crippen LogP contribution in [-0.4, -0.2) is 32.3 Å². The molecule has 1 saturated heterocycles. The third-order valence-electron chi connectivity index (χ3n) is 3.94. The Hall–Kier alpha value is -1.06. The third kappa shape index (κ3) is 6.06. The second-order valence-corrected chi connectivity index (χ2v) is 6.16. The Labute approximate surface area is 129 Å². The van der Waals surface area contributed by atoms with Gasteiger partial charge < -0.3 is 15.0 Å². The van der Waals surface area contributed by atoms with E-state index in [2.05, 4.69) is 48.3 Å². The van der Waals surface area contributed by atoms with Gasteiger partial charge in [0.25, 0.3) is 0 Å². The van der Waals surface area contributed by atoms with E-state index in [4.69, 9.17) is 4.74 Å². The van der Waals surface area contributed by atoms with Crippen molar-refractivity contribution in [2.24, 2.45) is 0 Å². The van der Waals surface area contributed by atoms with E-state index < -0.39 is 0 Å². The fraction of sp³-hybridized carbons (Fsp3) is 0.667. The summed E-state index contributed by atoms with van der Waals surface area (Å²) in [6, 6.07) is 9.04. The molecule has 118 valence electrons. The molecular formula is C18H30N2O. The molecule has 1 N–H and O–H groups in total. The van der Waals surface area contributed by atoms with Crippen molar-refractivity contribution in [3.63, 3.8) is 0 Å². The van der Waals surface area contributed by atoms with Gasteiger partial charge in [0.2, 0.25) is 0 Å². The monoisotopic (exact) mass is 290 g/mol. The third-order valence-corrected chi connectivity index (χ3v) is 3.94. The molecule has 0 radical (unpaired) electrons. The number of benzene rings is 1. The van der Waals surface area contributed by atoms with E-state index in [0.29, 0.717) is 6.10 Å². The summed E-state index contributed by atoms with van der Waals surface area (Å²) in [5, 5.41) is 3.48. The maximum absolute atomic E-state index is 5.53. The highest BCUT2D eigenvalue weighted by molar-refractivity contribution is 5.47. The molecule has 1 heterocycles. The van der Waals surface area contributed by atoms with E-state index in [0.717, 1.165) is 26.1 Å². The maximum Gasteiger partial charge on any atom is 0.0518 e. The van der Waals surface area contributed by atoms with Crippen molar-refractivity contribution in [2.75, 3.05) is 31.1 Å². The van der Waals surface area contributed by atoms with E-state index in [1.165, 1.54) is 43.6 Å². The van der Waals surface area contributed by atoms with Gasteiger partial charge in [-0.3, -0.25) is 0 Å². The molecule has 1 fully saturated rings. The zero-order chi connectivity index (χ0) is 14.9. The number of rotatable bonds is 8. The summed E-state index contributed by atoms with van der Waals surface area (Å²) < 4.78 is 5.53. The molecule has 1 aliphatic heterocycles. The fourth-order valence-electron chi connectivity index (χ4n) is 2.73. The van der Waals surface area contributed by atoms with Crippen LogP contribution in [0.25, 0.3) is 0 Å². The van der Waals surface area contributed by atoms with Crippen molar-refractivity contribution in [3.8, 4) is 0 Å². The molecule has 0 aromatic heterocycles. The predicted octanol–water partition coefficient (Wildman–Crippen LogP) is 3.58. The number of hydrogen-bond acceptors (Lipinski definition) is 3. The lowest BCUT2D eigenvalue weighted by Gasteiger charge is -2.28. The minimum atomic E-state index is 0.340.